The van der Waals surface area contributed by atoms with Crippen LogP contribution in [0.25, 0.3) is 6.08 Å². The van der Waals surface area contributed by atoms with Crippen LogP contribution in [0, 0.1) is 29.1 Å². The molecule has 1 amide bonds. The van der Waals surface area contributed by atoms with Crippen LogP contribution in [0.2, 0.25) is 0 Å². The van der Waals surface area contributed by atoms with E-state index in [-0.39, 0.29) is 0 Å². The van der Waals surface area contributed by atoms with Gasteiger partial charge in [0.15, 0.2) is 23.3 Å². The molecule has 0 fully saturated rings. The second-order valence-corrected chi connectivity index (χ2v) is 4.99. The van der Waals surface area contributed by atoms with E-state index < -0.39 is 40.7 Å². The average Bonchev–Trinajstić information content (AvgIpc) is 2.63. The predicted octanol–water partition coefficient (Wildman–Crippen LogP) is 4.10. The first kappa shape index (κ1) is 18.4. The number of aryl methyl sites for hydroxylation is 1. The summed E-state index contributed by atoms with van der Waals surface area (Å²) in [5.74, 6) is -11.5. The first-order chi connectivity index (χ1) is 11.8. The molecular formula is C17H13F5N2O. The molecule has 0 heterocycles. The molecule has 132 valence electrons. The molecule has 8 heteroatoms. The number of halogens is 5. The Morgan fingerprint density at radius 3 is 1.96 bits per heavy atom. The van der Waals surface area contributed by atoms with Crippen LogP contribution in [0.5, 0.6) is 0 Å². The number of carbonyl (C=O) groups is 1. The first-order valence-electron chi connectivity index (χ1n) is 7.19. The van der Waals surface area contributed by atoms with Gasteiger partial charge in [-0.25, -0.2) is 22.0 Å². The molecule has 0 spiro atoms. The molecule has 0 unspecified atom stereocenters. The van der Waals surface area contributed by atoms with E-state index in [0.717, 1.165) is 18.1 Å². The number of nitrogens with one attached hydrogen (secondary N) is 2. The van der Waals surface area contributed by atoms with Crippen molar-refractivity contribution in [3.05, 3.63) is 70.6 Å². The minimum absolute atomic E-state index is 0.698. The van der Waals surface area contributed by atoms with Crippen molar-refractivity contribution >= 4 is 17.7 Å². The number of hydrogen-bond acceptors (Lipinski definition) is 2. The number of hydrazine groups is 1. The van der Waals surface area contributed by atoms with Crippen LogP contribution in [0.3, 0.4) is 0 Å². The summed E-state index contributed by atoms with van der Waals surface area (Å²) in [7, 11) is 0. The maximum atomic E-state index is 13.4. The zero-order valence-corrected chi connectivity index (χ0v) is 13.0. The first-order valence-corrected chi connectivity index (χ1v) is 7.19. The van der Waals surface area contributed by atoms with Crippen molar-refractivity contribution in [1.82, 2.24) is 5.43 Å². The zero-order chi connectivity index (χ0) is 18.6. The van der Waals surface area contributed by atoms with Crippen LogP contribution >= 0.6 is 0 Å². The van der Waals surface area contributed by atoms with E-state index in [4.69, 9.17) is 0 Å². The Labute approximate surface area is 140 Å². The zero-order valence-electron chi connectivity index (χ0n) is 13.0. The molecule has 0 radical (unpaired) electrons. The molecule has 2 aromatic carbocycles. The summed E-state index contributed by atoms with van der Waals surface area (Å²) in [4.78, 5) is 11.6. The van der Waals surface area contributed by atoms with E-state index >= 15 is 0 Å². The van der Waals surface area contributed by atoms with Crippen molar-refractivity contribution in [2.24, 2.45) is 0 Å². The highest BCUT2D eigenvalue weighted by atomic mass is 19.2. The fourth-order valence-corrected chi connectivity index (χ4v) is 1.92. The highest BCUT2D eigenvalue weighted by Gasteiger charge is 2.25. The number of hydrogen-bond donors (Lipinski definition) is 2. The molecule has 3 nitrogen and oxygen atoms in total. The fraction of sp³-hybridized carbons (Fsp3) is 0.118. The van der Waals surface area contributed by atoms with Gasteiger partial charge in [-0.15, -0.1) is 0 Å². The Morgan fingerprint density at radius 2 is 1.44 bits per heavy atom. The third-order valence-electron chi connectivity index (χ3n) is 3.34. The topological polar surface area (TPSA) is 41.1 Å². The molecule has 2 aromatic rings. The Bertz CT molecular complexity index is 790. The molecule has 0 aromatic heterocycles. The second-order valence-electron chi connectivity index (χ2n) is 4.99. The van der Waals surface area contributed by atoms with E-state index in [9.17, 15) is 26.7 Å². The second kappa shape index (κ2) is 7.78. The summed E-state index contributed by atoms with van der Waals surface area (Å²) >= 11 is 0. The lowest BCUT2D eigenvalue weighted by Gasteiger charge is -2.10. The van der Waals surface area contributed by atoms with Crippen molar-refractivity contribution in [2.45, 2.75) is 13.3 Å². The lowest BCUT2D eigenvalue weighted by Crippen LogP contribution is -2.29. The average molecular weight is 356 g/mol. The Hall–Kier alpha value is -2.90. The smallest absolute Gasteiger partial charge is 0.262 e. The molecule has 0 aliphatic carbocycles. The monoisotopic (exact) mass is 356 g/mol. The molecule has 25 heavy (non-hydrogen) atoms. The predicted molar refractivity (Wildman–Crippen MR) is 82.9 cm³/mol. The summed E-state index contributed by atoms with van der Waals surface area (Å²) in [5.41, 5.74) is 3.99. The van der Waals surface area contributed by atoms with E-state index in [1.807, 2.05) is 24.5 Å². The van der Waals surface area contributed by atoms with Crippen LogP contribution < -0.4 is 10.9 Å². The minimum atomic E-state index is -2.28. The van der Waals surface area contributed by atoms with Gasteiger partial charge in [-0.05, 0) is 23.6 Å². The summed E-state index contributed by atoms with van der Waals surface area (Å²) in [6, 6.07) is 7.26. The van der Waals surface area contributed by atoms with Crippen LogP contribution in [0.4, 0.5) is 27.6 Å². The van der Waals surface area contributed by atoms with E-state index in [0.29, 0.717) is 5.56 Å². The Balaban J connectivity index is 2.06. The standard InChI is InChI=1S/C17H13F5N2O/c1-2-9-3-5-10(6-4-9)7-8-11(25)23-24-17-15(21)13(19)12(18)14(20)16(17)22/h3-8,24H,2H2,1H3,(H,23,25)/b8-7+. The van der Waals surface area contributed by atoms with Crippen molar-refractivity contribution in [1.29, 1.82) is 0 Å². The lowest BCUT2D eigenvalue weighted by atomic mass is 10.1. The SMILES string of the molecule is CCc1ccc(/C=C/C(=O)NNc2c(F)c(F)c(F)c(F)c2F)cc1. The van der Waals surface area contributed by atoms with Crippen LogP contribution in [0.15, 0.2) is 30.3 Å². The molecule has 0 aliphatic heterocycles. The van der Waals surface area contributed by atoms with Crippen molar-refractivity contribution in [2.75, 3.05) is 5.43 Å². The molecule has 2 rings (SSSR count). The maximum Gasteiger partial charge on any atom is 0.262 e. The number of amides is 1. The lowest BCUT2D eigenvalue weighted by molar-refractivity contribution is -0.116. The minimum Gasteiger partial charge on any atom is -0.293 e. The molecular weight excluding hydrogens is 343 g/mol. The van der Waals surface area contributed by atoms with Gasteiger partial charge >= 0.3 is 0 Å². The summed E-state index contributed by atoms with van der Waals surface area (Å²) < 4.78 is 65.8. The van der Waals surface area contributed by atoms with Gasteiger partial charge in [-0.3, -0.25) is 15.6 Å². The molecule has 0 atom stereocenters. The van der Waals surface area contributed by atoms with Gasteiger partial charge in [0.2, 0.25) is 5.82 Å². The summed E-state index contributed by atoms with van der Waals surface area (Å²) in [6.07, 6.45) is 3.32. The molecule has 2 N–H and O–H groups in total. The highest BCUT2D eigenvalue weighted by molar-refractivity contribution is 5.92. The van der Waals surface area contributed by atoms with E-state index in [2.05, 4.69) is 0 Å². The van der Waals surface area contributed by atoms with Crippen molar-refractivity contribution in [3.63, 3.8) is 0 Å². The Kier molecular flexibility index (Phi) is 5.74. The summed E-state index contributed by atoms with van der Waals surface area (Å²) in [5, 5.41) is 0. The number of anilines is 1. The normalized spacial score (nSPS) is 11.0. The van der Waals surface area contributed by atoms with Crippen molar-refractivity contribution < 1.29 is 26.7 Å². The number of carbonyl (C=O) groups excluding carboxylic acids is 1. The van der Waals surface area contributed by atoms with Gasteiger partial charge in [0.05, 0.1) is 0 Å². The number of benzene rings is 2. The van der Waals surface area contributed by atoms with Gasteiger partial charge < -0.3 is 0 Å². The van der Waals surface area contributed by atoms with Crippen molar-refractivity contribution in [3.8, 4) is 0 Å². The van der Waals surface area contributed by atoms with E-state index in [1.54, 1.807) is 17.6 Å². The van der Waals surface area contributed by atoms with Crippen LogP contribution in [0.1, 0.15) is 18.1 Å². The van der Waals surface area contributed by atoms with Gasteiger partial charge in [0.25, 0.3) is 5.91 Å². The third kappa shape index (κ3) is 4.14. The van der Waals surface area contributed by atoms with Gasteiger partial charge in [-0.1, -0.05) is 31.2 Å². The Morgan fingerprint density at radius 1 is 0.920 bits per heavy atom. The molecule has 0 saturated carbocycles. The highest BCUT2D eigenvalue weighted by Crippen LogP contribution is 2.26. The maximum absolute atomic E-state index is 13.4. The molecule has 0 saturated heterocycles. The van der Waals surface area contributed by atoms with Gasteiger partial charge in [-0.2, -0.15) is 0 Å². The molecule has 0 bridgehead atoms. The quantitative estimate of drug-likeness (QED) is 0.278. The number of rotatable bonds is 5. The van der Waals surface area contributed by atoms with Gasteiger partial charge in [0, 0.05) is 6.08 Å². The van der Waals surface area contributed by atoms with Gasteiger partial charge in [0.1, 0.15) is 5.69 Å². The third-order valence-corrected chi connectivity index (χ3v) is 3.34. The molecule has 0 aliphatic rings. The van der Waals surface area contributed by atoms with Crippen LogP contribution in [-0.2, 0) is 11.2 Å². The summed E-state index contributed by atoms with van der Waals surface area (Å²) in [6.45, 7) is 1.99. The van der Waals surface area contributed by atoms with Crippen LogP contribution in [-0.4, -0.2) is 5.91 Å². The fourth-order valence-electron chi connectivity index (χ4n) is 1.92. The largest absolute Gasteiger partial charge is 0.293 e. The van der Waals surface area contributed by atoms with E-state index in [1.165, 1.54) is 6.08 Å².